The maximum absolute atomic E-state index is 13.4. The molecule has 1 saturated heterocycles. The standard InChI is InChI=1S/C33H47F3O9/c1-29(2,3)28(43)44-17-23-21(15-31(6,7)26(39)40)20(14-30(4,5)25(37)38)22(16-32(8,9)27(41)42)24(45-23)18-10-12-19(13-11-18)33(34,35)36/h10-13,20-24H,14-17H2,1-9H3,(H,37,38)(H,39,40)(H,41,42)/p-3/t20-,21+,22-,23-,24+/m0/s1. The molecule has 0 radical (unpaired) electrons. The van der Waals surface area contributed by atoms with Crippen molar-refractivity contribution >= 4 is 23.9 Å². The van der Waals surface area contributed by atoms with E-state index in [1.807, 2.05) is 0 Å². The second-order valence-corrected chi connectivity index (χ2v) is 15.2. The van der Waals surface area contributed by atoms with Crippen molar-refractivity contribution in [1.29, 1.82) is 0 Å². The highest BCUT2D eigenvalue weighted by Crippen LogP contribution is 2.54. The molecular formula is C33H44F3O9-3. The number of hydrogen-bond donors (Lipinski definition) is 0. The zero-order chi connectivity index (χ0) is 34.9. The Labute approximate surface area is 262 Å². The molecule has 5 atom stereocenters. The summed E-state index contributed by atoms with van der Waals surface area (Å²) in [7, 11) is 0. The first-order valence-electron chi connectivity index (χ1n) is 14.8. The van der Waals surface area contributed by atoms with Gasteiger partial charge in [-0.2, -0.15) is 13.2 Å². The van der Waals surface area contributed by atoms with Crippen molar-refractivity contribution in [3.63, 3.8) is 0 Å². The lowest BCUT2D eigenvalue weighted by molar-refractivity contribution is -0.323. The lowest BCUT2D eigenvalue weighted by Gasteiger charge is -2.53. The Balaban J connectivity index is 2.85. The van der Waals surface area contributed by atoms with Gasteiger partial charge < -0.3 is 39.2 Å². The summed E-state index contributed by atoms with van der Waals surface area (Å²) in [5, 5.41) is 36.6. The van der Waals surface area contributed by atoms with Crippen LogP contribution in [0.1, 0.15) is 98.8 Å². The fraction of sp³-hybridized carbons (Fsp3) is 0.697. The second kappa shape index (κ2) is 13.3. The Bertz CT molecular complexity index is 1240. The third-order valence-electron chi connectivity index (χ3n) is 8.74. The fourth-order valence-corrected chi connectivity index (χ4v) is 5.79. The molecule has 0 saturated carbocycles. The molecule has 1 heterocycles. The molecule has 1 aromatic rings. The highest BCUT2D eigenvalue weighted by Gasteiger charge is 2.51. The smallest absolute Gasteiger partial charge is 0.416 e. The number of carbonyl (C=O) groups excluding carboxylic acids is 4. The van der Waals surface area contributed by atoms with Gasteiger partial charge in [0.25, 0.3) is 0 Å². The summed E-state index contributed by atoms with van der Waals surface area (Å²) in [5.41, 5.74) is -6.09. The van der Waals surface area contributed by atoms with Crippen LogP contribution in [-0.4, -0.2) is 36.6 Å². The van der Waals surface area contributed by atoms with E-state index < -0.39 is 87.2 Å². The second-order valence-electron chi connectivity index (χ2n) is 15.2. The number of carboxylic acids is 3. The summed E-state index contributed by atoms with van der Waals surface area (Å²) in [4.78, 5) is 49.4. The minimum absolute atomic E-state index is 0.136. The maximum Gasteiger partial charge on any atom is 0.416 e. The van der Waals surface area contributed by atoms with Crippen molar-refractivity contribution in [3.05, 3.63) is 35.4 Å². The number of alkyl halides is 3. The van der Waals surface area contributed by atoms with Gasteiger partial charge in [-0.25, -0.2) is 0 Å². The van der Waals surface area contributed by atoms with E-state index in [1.165, 1.54) is 53.7 Å². The topological polar surface area (TPSA) is 156 Å². The number of ether oxygens (including phenoxy) is 2. The van der Waals surface area contributed by atoms with Crippen molar-refractivity contribution < 1.29 is 57.1 Å². The molecule has 0 N–H and O–H groups in total. The molecule has 0 aliphatic carbocycles. The number of aliphatic carboxylic acids is 3. The lowest BCUT2D eigenvalue weighted by Crippen LogP contribution is -2.53. The molecule has 9 nitrogen and oxygen atoms in total. The van der Waals surface area contributed by atoms with Crippen LogP contribution in [0.2, 0.25) is 0 Å². The number of halogens is 3. The van der Waals surface area contributed by atoms with Crippen molar-refractivity contribution in [2.45, 2.75) is 100.0 Å². The van der Waals surface area contributed by atoms with Crippen molar-refractivity contribution in [3.8, 4) is 0 Å². The summed E-state index contributed by atoms with van der Waals surface area (Å²) in [6.45, 7) is 13.0. The van der Waals surface area contributed by atoms with Gasteiger partial charge >= 0.3 is 12.1 Å². The van der Waals surface area contributed by atoms with E-state index in [2.05, 4.69) is 0 Å². The molecule has 0 aromatic heterocycles. The Morgan fingerprint density at radius 3 is 1.47 bits per heavy atom. The van der Waals surface area contributed by atoms with Crippen LogP contribution >= 0.6 is 0 Å². The zero-order valence-electron chi connectivity index (χ0n) is 27.3. The molecular weight excluding hydrogens is 597 g/mol. The van der Waals surface area contributed by atoms with E-state index in [9.17, 15) is 47.7 Å². The third-order valence-corrected chi connectivity index (χ3v) is 8.74. The summed E-state index contributed by atoms with van der Waals surface area (Å²) in [6.07, 6.45) is -7.20. The molecule has 1 aliphatic rings. The molecule has 2 rings (SSSR count). The molecule has 0 unspecified atom stereocenters. The largest absolute Gasteiger partial charge is 0.550 e. The fourth-order valence-electron chi connectivity index (χ4n) is 5.79. The molecule has 0 bridgehead atoms. The van der Waals surface area contributed by atoms with Gasteiger partial charge in [0.15, 0.2) is 0 Å². The predicted molar refractivity (Wildman–Crippen MR) is 150 cm³/mol. The quantitative estimate of drug-likeness (QED) is 0.313. The van der Waals surface area contributed by atoms with Crippen LogP contribution in [0.4, 0.5) is 13.2 Å². The van der Waals surface area contributed by atoms with E-state index in [0.29, 0.717) is 0 Å². The van der Waals surface area contributed by atoms with Gasteiger partial charge in [-0.15, -0.1) is 0 Å². The molecule has 0 amide bonds. The van der Waals surface area contributed by atoms with Gasteiger partial charge in [0.1, 0.15) is 6.61 Å². The minimum Gasteiger partial charge on any atom is -0.550 e. The molecule has 45 heavy (non-hydrogen) atoms. The molecule has 0 spiro atoms. The number of benzene rings is 1. The van der Waals surface area contributed by atoms with E-state index in [1.54, 1.807) is 20.8 Å². The van der Waals surface area contributed by atoms with Crippen LogP contribution in [0.15, 0.2) is 24.3 Å². The summed E-state index contributed by atoms with van der Waals surface area (Å²) in [6, 6.07) is 4.13. The first-order valence-corrected chi connectivity index (χ1v) is 14.8. The third kappa shape index (κ3) is 9.43. The average molecular weight is 642 g/mol. The maximum atomic E-state index is 13.4. The van der Waals surface area contributed by atoms with Crippen molar-refractivity contribution in [2.75, 3.05) is 6.61 Å². The average Bonchev–Trinajstić information content (AvgIpc) is 2.88. The van der Waals surface area contributed by atoms with Crippen LogP contribution in [-0.2, 0) is 34.8 Å². The Morgan fingerprint density at radius 1 is 0.689 bits per heavy atom. The van der Waals surface area contributed by atoms with E-state index in [4.69, 9.17) is 9.47 Å². The molecule has 12 heteroatoms. The van der Waals surface area contributed by atoms with Crippen LogP contribution in [0.3, 0.4) is 0 Å². The number of rotatable bonds is 12. The molecule has 1 fully saturated rings. The van der Waals surface area contributed by atoms with E-state index >= 15 is 0 Å². The van der Waals surface area contributed by atoms with Crippen LogP contribution in [0.25, 0.3) is 0 Å². The van der Waals surface area contributed by atoms with E-state index in [0.717, 1.165) is 12.1 Å². The van der Waals surface area contributed by atoms with Gasteiger partial charge in [0, 0.05) is 34.2 Å². The van der Waals surface area contributed by atoms with Crippen molar-refractivity contribution in [2.24, 2.45) is 39.4 Å². The van der Waals surface area contributed by atoms with Gasteiger partial charge in [-0.3, -0.25) is 4.79 Å². The van der Waals surface area contributed by atoms with Gasteiger partial charge in [-0.05, 0) is 75.5 Å². The predicted octanol–water partition coefficient (Wildman–Crippen LogP) is 3.08. The summed E-state index contributed by atoms with van der Waals surface area (Å²) >= 11 is 0. The monoisotopic (exact) mass is 641 g/mol. The van der Waals surface area contributed by atoms with Crippen LogP contribution in [0.5, 0.6) is 0 Å². The summed E-state index contributed by atoms with van der Waals surface area (Å²) in [5.74, 6) is -7.30. The molecule has 1 aliphatic heterocycles. The first kappa shape index (κ1) is 38.0. The number of esters is 1. The molecule has 254 valence electrons. The zero-order valence-corrected chi connectivity index (χ0v) is 27.3. The summed E-state index contributed by atoms with van der Waals surface area (Å²) < 4.78 is 52.3. The SMILES string of the molecule is CC(C)(C)C(=O)OC[C@@H]1O[C@H](c2ccc(C(F)(F)F)cc2)[C@@H](CC(C)(C)C(=O)[O-])[C@@H](CC(C)(C)C(=O)[O-])[C@H]1CC(C)(C)C(=O)[O-]. The Hall–Kier alpha value is -3.15. The van der Waals surface area contributed by atoms with E-state index in [-0.39, 0.29) is 31.4 Å². The van der Waals surface area contributed by atoms with Gasteiger partial charge in [0.2, 0.25) is 0 Å². The van der Waals surface area contributed by atoms with Crippen molar-refractivity contribution in [1.82, 2.24) is 0 Å². The highest BCUT2D eigenvalue weighted by atomic mass is 19.4. The number of carboxylic acid groups (broad SMARTS) is 3. The Kier molecular flexibility index (Phi) is 11.2. The number of carbonyl (C=O) groups is 4. The van der Waals surface area contributed by atoms with Gasteiger partial charge in [-0.1, -0.05) is 53.7 Å². The lowest BCUT2D eigenvalue weighted by atomic mass is 9.60. The highest BCUT2D eigenvalue weighted by molar-refractivity contribution is 5.75. The molecule has 1 aromatic carbocycles. The normalized spacial score (nSPS) is 23.3. The van der Waals surface area contributed by atoms with Crippen LogP contribution in [0, 0.1) is 39.4 Å². The Morgan fingerprint density at radius 2 is 1.09 bits per heavy atom. The minimum atomic E-state index is -4.63. The first-order chi connectivity index (χ1) is 20.2. The number of hydrogen-bond acceptors (Lipinski definition) is 9. The van der Waals surface area contributed by atoms with Gasteiger partial charge in [0.05, 0.1) is 23.2 Å². The van der Waals surface area contributed by atoms with Crippen LogP contribution < -0.4 is 15.3 Å².